The van der Waals surface area contributed by atoms with Crippen LogP contribution in [0.5, 0.6) is 11.5 Å². The van der Waals surface area contributed by atoms with Crippen LogP contribution in [0.1, 0.15) is 6.92 Å². The number of nitrogens with zero attached hydrogens (tertiary/aromatic N) is 1. The maximum Gasteiger partial charge on any atom is 0.344 e. The van der Waals surface area contributed by atoms with Crippen LogP contribution >= 0.6 is 0 Å². The zero-order valence-electron chi connectivity index (χ0n) is 11.0. The smallest absolute Gasteiger partial charge is 0.344 e. The molecule has 0 bridgehead atoms. The molecule has 0 heterocycles. The Hall–Kier alpha value is -2.64. The fourth-order valence-corrected chi connectivity index (χ4v) is 1.26. The van der Waals surface area contributed by atoms with E-state index in [1.807, 2.05) is 0 Å². The summed E-state index contributed by atoms with van der Waals surface area (Å²) < 4.78 is 14.5. The van der Waals surface area contributed by atoms with Gasteiger partial charge in [-0.05, 0) is 13.0 Å². The first-order chi connectivity index (χ1) is 9.43. The Morgan fingerprint density at radius 3 is 2.55 bits per heavy atom. The Balaban J connectivity index is 2.63. The highest BCUT2D eigenvalue weighted by Crippen LogP contribution is 2.30. The van der Waals surface area contributed by atoms with E-state index in [0.717, 1.165) is 0 Å². The van der Waals surface area contributed by atoms with Crippen molar-refractivity contribution in [3.05, 3.63) is 28.3 Å². The molecule has 1 rings (SSSR count). The van der Waals surface area contributed by atoms with Gasteiger partial charge in [-0.15, -0.1) is 0 Å². The number of ketones is 1. The molecule has 0 unspecified atom stereocenters. The minimum absolute atomic E-state index is 0.0182. The molecular weight excluding hydrogens is 270 g/mol. The second-order valence-electron chi connectivity index (χ2n) is 3.74. The Labute approximate surface area is 114 Å². The van der Waals surface area contributed by atoms with Crippen molar-refractivity contribution >= 4 is 17.4 Å². The first-order valence-corrected chi connectivity index (χ1v) is 5.54. The van der Waals surface area contributed by atoms with Gasteiger partial charge in [-0.25, -0.2) is 4.79 Å². The summed E-state index contributed by atoms with van der Waals surface area (Å²) in [7, 11) is 1.28. The molecule has 0 aromatic heterocycles. The molecule has 20 heavy (non-hydrogen) atoms. The molecule has 0 radical (unpaired) electrons. The van der Waals surface area contributed by atoms with Crippen molar-refractivity contribution in [3.63, 3.8) is 0 Å². The van der Waals surface area contributed by atoms with Gasteiger partial charge in [0.2, 0.25) is 5.75 Å². The lowest BCUT2D eigenvalue weighted by Gasteiger charge is -2.07. The van der Waals surface area contributed by atoms with E-state index in [4.69, 9.17) is 9.47 Å². The minimum atomic E-state index is -0.711. The van der Waals surface area contributed by atoms with Gasteiger partial charge < -0.3 is 14.2 Å². The van der Waals surface area contributed by atoms with Crippen molar-refractivity contribution in [3.8, 4) is 11.5 Å². The van der Waals surface area contributed by atoms with Gasteiger partial charge in [0.25, 0.3) is 0 Å². The quantitative estimate of drug-likeness (QED) is 0.419. The number of benzene rings is 1. The van der Waals surface area contributed by atoms with E-state index in [9.17, 15) is 19.7 Å². The lowest BCUT2D eigenvalue weighted by molar-refractivity contribution is -0.385. The van der Waals surface area contributed by atoms with E-state index < -0.39 is 17.5 Å². The molecule has 1 aromatic rings. The van der Waals surface area contributed by atoms with E-state index in [1.165, 1.54) is 32.2 Å². The van der Waals surface area contributed by atoms with E-state index in [2.05, 4.69) is 4.74 Å². The summed E-state index contributed by atoms with van der Waals surface area (Å²) in [5.41, 5.74) is -0.209. The van der Waals surface area contributed by atoms with Gasteiger partial charge in [0.1, 0.15) is 12.4 Å². The summed E-state index contributed by atoms with van der Waals surface area (Å²) in [6, 6.07) is 3.82. The minimum Gasteiger partial charge on any atom is -0.490 e. The second-order valence-corrected chi connectivity index (χ2v) is 3.74. The molecule has 0 aliphatic rings. The molecule has 8 heteroatoms. The molecule has 0 amide bonds. The first kappa shape index (κ1) is 15.4. The molecule has 0 spiro atoms. The number of rotatable bonds is 7. The van der Waals surface area contributed by atoms with E-state index in [-0.39, 0.29) is 29.6 Å². The lowest BCUT2D eigenvalue weighted by atomic mass is 10.3. The van der Waals surface area contributed by atoms with Gasteiger partial charge in [-0.2, -0.15) is 0 Å². The normalized spacial score (nSPS) is 9.70. The fourth-order valence-electron chi connectivity index (χ4n) is 1.26. The fraction of sp³-hybridized carbons (Fsp3) is 0.333. The van der Waals surface area contributed by atoms with Crippen molar-refractivity contribution in [1.82, 2.24) is 0 Å². The Kier molecular flexibility index (Phi) is 5.45. The van der Waals surface area contributed by atoms with Crippen LogP contribution in [0.25, 0.3) is 0 Å². The van der Waals surface area contributed by atoms with Crippen molar-refractivity contribution in [2.45, 2.75) is 6.92 Å². The highest BCUT2D eigenvalue weighted by atomic mass is 16.6. The summed E-state index contributed by atoms with van der Waals surface area (Å²) in [5, 5.41) is 10.7. The number of ether oxygens (including phenoxy) is 3. The van der Waals surface area contributed by atoms with Crippen LogP contribution < -0.4 is 9.47 Å². The molecule has 0 atom stereocenters. The molecule has 0 aliphatic carbocycles. The monoisotopic (exact) mass is 283 g/mol. The molecule has 0 saturated heterocycles. The number of methoxy groups -OCH3 is 1. The van der Waals surface area contributed by atoms with Crippen LogP contribution in [0, 0.1) is 10.1 Å². The Morgan fingerprint density at radius 2 is 2.00 bits per heavy atom. The number of hydrogen-bond acceptors (Lipinski definition) is 7. The number of esters is 1. The number of hydrogen-bond donors (Lipinski definition) is 0. The molecule has 0 fully saturated rings. The van der Waals surface area contributed by atoms with Crippen LogP contribution in [-0.2, 0) is 14.3 Å². The molecule has 1 aromatic carbocycles. The van der Waals surface area contributed by atoms with Gasteiger partial charge in [-0.3, -0.25) is 14.9 Å². The number of carbonyl (C=O) groups is 2. The van der Waals surface area contributed by atoms with Crippen molar-refractivity contribution < 1.29 is 28.7 Å². The Bertz CT molecular complexity index is 527. The number of carbonyl (C=O) groups excluding carboxylic acids is 2. The van der Waals surface area contributed by atoms with Gasteiger partial charge in [0.15, 0.2) is 12.4 Å². The topological polar surface area (TPSA) is 105 Å². The maximum absolute atomic E-state index is 11.2. The summed E-state index contributed by atoms with van der Waals surface area (Å²) in [5.74, 6) is -0.760. The number of Topliss-reactive ketones (excluding diaryl/α,β-unsaturated/α-hetero) is 1. The molecule has 108 valence electrons. The van der Waals surface area contributed by atoms with Crippen molar-refractivity contribution in [2.75, 3.05) is 20.3 Å². The summed E-state index contributed by atoms with van der Waals surface area (Å²) in [6.07, 6.45) is 0. The number of nitro groups is 1. The number of nitro benzene ring substituents is 1. The third-order valence-electron chi connectivity index (χ3n) is 2.14. The average molecular weight is 283 g/mol. The molecular formula is C12H13NO7. The van der Waals surface area contributed by atoms with Gasteiger partial charge >= 0.3 is 11.7 Å². The predicted octanol–water partition coefficient (Wildman–Crippen LogP) is 1.11. The van der Waals surface area contributed by atoms with E-state index in [0.29, 0.717) is 0 Å². The third-order valence-corrected chi connectivity index (χ3v) is 2.14. The van der Waals surface area contributed by atoms with Gasteiger partial charge in [0, 0.05) is 12.1 Å². The third kappa shape index (κ3) is 4.56. The molecule has 0 N–H and O–H groups in total. The van der Waals surface area contributed by atoms with Crippen LogP contribution in [0.15, 0.2) is 18.2 Å². The molecule has 8 nitrogen and oxygen atoms in total. The highest BCUT2D eigenvalue weighted by Gasteiger charge is 2.15. The SMILES string of the molecule is COc1cc(OCC(=O)OCC(C)=O)ccc1[N+](=O)[O-]. The molecule has 0 aliphatic heterocycles. The zero-order valence-corrected chi connectivity index (χ0v) is 11.0. The van der Waals surface area contributed by atoms with E-state index in [1.54, 1.807) is 0 Å². The summed E-state index contributed by atoms with van der Waals surface area (Å²) in [6.45, 7) is 0.565. The van der Waals surface area contributed by atoms with Gasteiger partial charge in [0.05, 0.1) is 12.0 Å². The maximum atomic E-state index is 11.2. The summed E-state index contributed by atoms with van der Waals surface area (Å²) in [4.78, 5) is 31.9. The lowest BCUT2D eigenvalue weighted by Crippen LogP contribution is -2.18. The van der Waals surface area contributed by atoms with E-state index >= 15 is 0 Å². The standard InChI is InChI=1S/C12H13NO7/c1-8(14)6-20-12(15)7-19-9-3-4-10(13(16)17)11(5-9)18-2/h3-5H,6-7H2,1-2H3. The van der Waals surface area contributed by atoms with Crippen LogP contribution in [-0.4, -0.2) is 37.0 Å². The molecule has 0 saturated carbocycles. The van der Waals surface area contributed by atoms with Crippen LogP contribution in [0.4, 0.5) is 5.69 Å². The van der Waals surface area contributed by atoms with Crippen molar-refractivity contribution in [1.29, 1.82) is 0 Å². The second kappa shape index (κ2) is 7.07. The average Bonchev–Trinajstić information content (AvgIpc) is 2.42. The Morgan fingerprint density at radius 1 is 1.30 bits per heavy atom. The zero-order chi connectivity index (χ0) is 15.1. The highest BCUT2D eigenvalue weighted by molar-refractivity contribution is 5.80. The first-order valence-electron chi connectivity index (χ1n) is 5.54. The van der Waals surface area contributed by atoms with Crippen LogP contribution in [0.3, 0.4) is 0 Å². The van der Waals surface area contributed by atoms with Crippen molar-refractivity contribution in [2.24, 2.45) is 0 Å². The largest absolute Gasteiger partial charge is 0.490 e. The van der Waals surface area contributed by atoms with Crippen LogP contribution in [0.2, 0.25) is 0 Å². The predicted molar refractivity (Wildman–Crippen MR) is 66.8 cm³/mol. The summed E-state index contributed by atoms with van der Waals surface area (Å²) >= 11 is 0. The van der Waals surface area contributed by atoms with Gasteiger partial charge in [-0.1, -0.05) is 0 Å².